The highest BCUT2D eigenvalue weighted by Crippen LogP contribution is 2.57. The van der Waals surface area contributed by atoms with Crippen LogP contribution in [0, 0.1) is 0 Å². The lowest BCUT2D eigenvalue weighted by Crippen LogP contribution is -2.51. The van der Waals surface area contributed by atoms with Crippen LogP contribution in [0.15, 0.2) is 16.7 Å². The van der Waals surface area contributed by atoms with Crippen LogP contribution in [0.5, 0.6) is 0 Å². The SMILES string of the molecule is CCS(=O)(=O)N1CCN(C(=O)Nc2cc(Cl)c(C3(c4noc(C5CC5)n4)CC3)c(Cl)c2)CC1. The van der Waals surface area contributed by atoms with Crippen molar-refractivity contribution in [2.24, 2.45) is 0 Å². The van der Waals surface area contributed by atoms with Gasteiger partial charge in [0.1, 0.15) is 0 Å². The quantitative estimate of drug-likeness (QED) is 0.628. The first-order valence-corrected chi connectivity index (χ1v) is 13.5. The maximum absolute atomic E-state index is 12.7. The summed E-state index contributed by atoms with van der Waals surface area (Å²) < 4.78 is 30.9. The molecule has 3 aliphatic rings. The first-order chi connectivity index (χ1) is 15.7. The van der Waals surface area contributed by atoms with E-state index >= 15 is 0 Å². The average molecular weight is 514 g/mol. The summed E-state index contributed by atoms with van der Waals surface area (Å²) in [6, 6.07) is 3.04. The van der Waals surface area contributed by atoms with Gasteiger partial charge < -0.3 is 14.7 Å². The maximum atomic E-state index is 12.7. The Balaban J connectivity index is 1.29. The average Bonchev–Trinajstić information content (AvgIpc) is 3.73. The molecule has 2 aliphatic carbocycles. The van der Waals surface area contributed by atoms with Gasteiger partial charge in [-0.05, 0) is 44.7 Å². The Morgan fingerprint density at radius 3 is 2.36 bits per heavy atom. The number of hydrogen-bond acceptors (Lipinski definition) is 6. The van der Waals surface area contributed by atoms with E-state index in [0.717, 1.165) is 31.2 Å². The largest absolute Gasteiger partial charge is 0.339 e. The lowest BCUT2D eigenvalue weighted by atomic mass is 9.94. The van der Waals surface area contributed by atoms with Gasteiger partial charge in [-0.25, -0.2) is 13.2 Å². The van der Waals surface area contributed by atoms with Crippen molar-refractivity contribution in [3.8, 4) is 0 Å². The molecule has 0 spiro atoms. The molecule has 2 heterocycles. The van der Waals surface area contributed by atoms with Crippen molar-refractivity contribution in [3.63, 3.8) is 0 Å². The van der Waals surface area contributed by atoms with Crippen molar-refractivity contribution in [2.45, 2.75) is 43.9 Å². The molecule has 2 amide bonds. The van der Waals surface area contributed by atoms with Crippen LogP contribution < -0.4 is 5.32 Å². The number of rotatable bonds is 6. The molecule has 9 nitrogen and oxygen atoms in total. The van der Waals surface area contributed by atoms with E-state index in [1.165, 1.54) is 4.31 Å². The fourth-order valence-electron chi connectivity index (χ4n) is 4.29. The number of piperazine rings is 1. The van der Waals surface area contributed by atoms with Crippen LogP contribution in [-0.4, -0.2) is 65.7 Å². The molecule has 0 bridgehead atoms. The molecule has 1 aliphatic heterocycles. The predicted molar refractivity (Wildman–Crippen MR) is 124 cm³/mol. The maximum Gasteiger partial charge on any atom is 0.321 e. The summed E-state index contributed by atoms with van der Waals surface area (Å²) in [5.41, 5.74) is 0.782. The molecule has 178 valence electrons. The number of nitrogens with zero attached hydrogens (tertiary/aromatic N) is 4. The summed E-state index contributed by atoms with van der Waals surface area (Å²) in [5.74, 6) is 1.72. The Morgan fingerprint density at radius 1 is 1.18 bits per heavy atom. The molecular weight excluding hydrogens is 489 g/mol. The van der Waals surface area contributed by atoms with Gasteiger partial charge in [0.05, 0.1) is 11.2 Å². The number of aromatic nitrogens is 2. The Labute approximate surface area is 202 Å². The molecule has 0 atom stereocenters. The zero-order valence-corrected chi connectivity index (χ0v) is 20.5. The first kappa shape index (κ1) is 22.9. The van der Waals surface area contributed by atoms with E-state index in [4.69, 9.17) is 27.7 Å². The van der Waals surface area contributed by atoms with Crippen molar-refractivity contribution >= 4 is 44.9 Å². The fraction of sp³-hybridized carbons (Fsp3) is 0.571. The number of sulfonamides is 1. The van der Waals surface area contributed by atoms with Crippen LogP contribution >= 0.6 is 23.2 Å². The van der Waals surface area contributed by atoms with Crippen LogP contribution in [0.2, 0.25) is 10.0 Å². The Hall–Kier alpha value is -1.88. The number of benzene rings is 1. The van der Waals surface area contributed by atoms with Crippen LogP contribution in [-0.2, 0) is 15.4 Å². The van der Waals surface area contributed by atoms with Gasteiger partial charge in [-0.3, -0.25) is 0 Å². The van der Waals surface area contributed by atoms with E-state index in [1.807, 2.05) is 0 Å². The topological polar surface area (TPSA) is 109 Å². The monoisotopic (exact) mass is 513 g/mol. The highest BCUT2D eigenvalue weighted by molar-refractivity contribution is 7.89. The third kappa shape index (κ3) is 4.34. The van der Waals surface area contributed by atoms with E-state index in [1.54, 1.807) is 24.0 Å². The summed E-state index contributed by atoms with van der Waals surface area (Å²) in [7, 11) is -3.25. The van der Waals surface area contributed by atoms with Crippen molar-refractivity contribution in [3.05, 3.63) is 39.5 Å². The minimum absolute atomic E-state index is 0.0514. The molecule has 2 saturated carbocycles. The van der Waals surface area contributed by atoms with Crippen molar-refractivity contribution in [1.29, 1.82) is 0 Å². The van der Waals surface area contributed by atoms with Gasteiger partial charge in [-0.2, -0.15) is 9.29 Å². The van der Waals surface area contributed by atoms with Gasteiger partial charge >= 0.3 is 6.03 Å². The minimum atomic E-state index is -3.25. The Kier molecular flexibility index (Phi) is 5.83. The summed E-state index contributed by atoms with van der Waals surface area (Å²) in [6.07, 6.45) is 3.81. The van der Waals surface area contributed by atoms with Gasteiger partial charge in [0, 0.05) is 53.4 Å². The first-order valence-electron chi connectivity index (χ1n) is 11.1. The highest BCUT2D eigenvalue weighted by atomic mass is 35.5. The molecule has 2 aromatic rings. The van der Waals surface area contributed by atoms with Crippen molar-refractivity contribution in [1.82, 2.24) is 19.3 Å². The number of carbonyl (C=O) groups excluding carboxylic acids is 1. The standard InChI is InChI=1S/C21H25Cl2N5O4S/c1-2-33(30,31)28-9-7-27(8-10-28)20(29)24-14-11-15(22)17(16(23)12-14)21(5-6-21)19-25-18(32-26-19)13-3-4-13/h11-13H,2-10H2,1H3,(H,24,29). The van der Waals surface area contributed by atoms with E-state index < -0.39 is 15.4 Å². The zero-order chi connectivity index (χ0) is 23.4. The summed E-state index contributed by atoms with van der Waals surface area (Å²) in [5, 5.41) is 7.91. The summed E-state index contributed by atoms with van der Waals surface area (Å²) in [6.45, 7) is 2.80. The number of carbonyl (C=O) groups is 1. The van der Waals surface area contributed by atoms with Crippen molar-refractivity contribution in [2.75, 3.05) is 37.2 Å². The number of hydrogen-bond donors (Lipinski definition) is 1. The number of halogens is 2. The lowest BCUT2D eigenvalue weighted by Gasteiger charge is -2.33. The zero-order valence-electron chi connectivity index (χ0n) is 18.2. The van der Waals surface area contributed by atoms with Crippen LogP contribution in [0.1, 0.15) is 55.8 Å². The number of anilines is 1. The molecule has 3 fully saturated rings. The molecule has 0 unspecified atom stereocenters. The molecule has 33 heavy (non-hydrogen) atoms. The number of amides is 2. The summed E-state index contributed by atoms with van der Waals surface area (Å²) >= 11 is 13.3. The Bertz CT molecular complexity index is 1160. The molecule has 1 saturated heterocycles. The van der Waals surface area contributed by atoms with Crippen LogP contribution in [0.3, 0.4) is 0 Å². The van der Waals surface area contributed by atoms with Gasteiger partial charge in [0.25, 0.3) is 0 Å². The van der Waals surface area contributed by atoms with E-state index in [0.29, 0.717) is 46.5 Å². The van der Waals surface area contributed by atoms with E-state index in [-0.39, 0.29) is 24.9 Å². The smallest absolute Gasteiger partial charge is 0.321 e. The van der Waals surface area contributed by atoms with Crippen LogP contribution in [0.25, 0.3) is 0 Å². The number of nitrogens with one attached hydrogen (secondary N) is 1. The molecule has 12 heteroatoms. The molecule has 0 radical (unpaired) electrons. The fourth-order valence-corrected chi connectivity index (χ4v) is 6.23. The van der Waals surface area contributed by atoms with E-state index in [9.17, 15) is 13.2 Å². The summed E-state index contributed by atoms with van der Waals surface area (Å²) in [4.78, 5) is 18.9. The van der Waals surface area contributed by atoms with Gasteiger partial charge in [-0.15, -0.1) is 0 Å². The van der Waals surface area contributed by atoms with Gasteiger partial charge in [0.2, 0.25) is 15.9 Å². The minimum Gasteiger partial charge on any atom is -0.339 e. The van der Waals surface area contributed by atoms with E-state index in [2.05, 4.69) is 15.5 Å². The second-order valence-electron chi connectivity index (χ2n) is 8.84. The second kappa shape index (κ2) is 8.41. The lowest BCUT2D eigenvalue weighted by molar-refractivity contribution is 0.184. The van der Waals surface area contributed by atoms with Gasteiger partial charge in [-0.1, -0.05) is 28.4 Å². The third-order valence-electron chi connectivity index (χ3n) is 6.60. The normalized spacial score (nSPS) is 20.6. The number of urea groups is 1. The predicted octanol–water partition coefficient (Wildman–Crippen LogP) is 3.83. The highest BCUT2D eigenvalue weighted by Gasteiger charge is 2.53. The third-order valence-corrected chi connectivity index (χ3v) is 9.08. The molecule has 1 aromatic carbocycles. The van der Waals surface area contributed by atoms with Crippen molar-refractivity contribution < 1.29 is 17.7 Å². The molecule has 1 N–H and O–H groups in total. The molecule has 5 rings (SSSR count). The Morgan fingerprint density at radius 2 is 1.82 bits per heavy atom. The molecular formula is C21H25Cl2N5O4S. The molecule has 1 aromatic heterocycles. The second-order valence-corrected chi connectivity index (χ2v) is 11.9. The van der Waals surface area contributed by atoms with Crippen LogP contribution in [0.4, 0.5) is 10.5 Å². The van der Waals surface area contributed by atoms with Gasteiger partial charge in [0.15, 0.2) is 5.82 Å².